The highest BCUT2D eigenvalue weighted by molar-refractivity contribution is 7.89. The van der Waals surface area contributed by atoms with Crippen LogP contribution in [0.1, 0.15) is 15.9 Å². The van der Waals surface area contributed by atoms with Gasteiger partial charge in [0.2, 0.25) is 10.0 Å². The number of nitrogens with zero attached hydrogens (tertiary/aromatic N) is 2. The van der Waals surface area contributed by atoms with Crippen LogP contribution >= 0.6 is 0 Å². The summed E-state index contributed by atoms with van der Waals surface area (Å²) in [5.74, 6) is -2.69. The molecule has 0 saturated carbocycles. The number of hydrogen-bond acceptors (Lipinski definition) is 4. The number of carbonyl (C=O) groups is 1. The van der Waals surface area contributed by atoms with Gasteiger partial charge in [0.1, 0.15) is 18.2 Å². The van der Waals surface area contributed by atoms with Gasteiger partial charge < -0.3 is 9.64 Å². The van der Waals surface area contributed by atoms with E-state index in [2.05, 4.69) is 0 Å². The molecule has 6 nitrogen and oxygen atoms in total. The summed E-state index contributed by atoms with van der Waals surface area (Å²) in [4.78, 5) is 14.3. The molecule has 3 aromatic carbocycles. The maximum Gasteiger partial charge on any atom is 0.257 e. The van der Waals surface area contributed by atoms with Crippen LogP contribution < -0.4 is 4.74 Å². The quantitative estimate of drug-likeness (QED) is 0.527. The maximum atomic E-state index is 13.5. The number of ether oxygens (including phenoxy) is 1. The number of halogens is 3. The Labute approximate surface area is 195 Å². The molecule has 1 amide bonds. The predicted molar refractivity (Wildman–Crippen MR) is 118 cm³/mol. The van der Waals surface area contributed by atoms with Gasteiger partial charge in [-0.2, -0.15) is 4.31 Å². The van der Waals surface area contributed by atoms with Gasteiger partial charge in [0.25, 0.3) is 5.91 Å². The van der Waals surface area contributed by atoms with Crippen LogP contribution in [0.25, 0.3) is 0 Å². The SMILES string of the molecule is O=C(c1ccccc1OCc1ccc(F)cc1)N1CCN(S(=O)(=O)c2ccc(F)c(F)c2)CC1. The highest BCUT2D eigenvalue weighted by Gasteiger charge is 2.31. The summed E-state index contributed by atoms with van der Waals surface area (Å²) in [5, 5.41) is 0. The van der Waals surface area contributed by atoms with Crippen LogP contribution in [0.5, 0.6) is 5.75 Å². The van der Waals surface area contributed by atoms with Crippen molar-refractivity contribution < 1.29 is 31.1 Å². The zero-order valence-corrected chi connectivity index (χ0v) is 18.8. The summed E-state index contributed by atoms with van der Waals surface area (Å²) in [6.45, 7) is 0.393. The van der Waals surface area contributed by atoms with Gasteiger partial charge in [0.05, 0.1) is 10.5 Å². The molecule has 178 valence electrons. The van der Waals surface area contributed by atoms with Crippen LogP contribution in [-0.2, 0) is 16.6 Å². The minimum Gasteiger partial charge on any atom is -0.488 e. The lowest BCUT2D eigenvalue weighted by molar-refractivity contribution is 0.0693. The second-order valence-corrected chi connectivity index (χ2v) is 9.62. The van der Waals surface area contributed by atoms with Crippen molar-refractivity contribution in [1.29, 1.82) is 0 Å². The molecule has 1 aliphatic heterocycles. The maximum absolute atomic E-state index is 13.5. The van der Waals surface area contributed by atoms with Gasteiger partial charge >= 0.3 is 0 Å². The van der Waals surface area contributed by atoms with Crippen molar-refractivity contribution in [3.05, 3.63) is 95.3 Å². The van der Waals surface area contributed by atoms with Gasteiger partial charge in [-0.15, -0.1) is 0 Å². The molecule has 1 aliphatic rings. The molecule has 0 atom stereocenters. The smallest absolute Gasteiger partial charge is 0.257 e. The number of para-hydroxylation sites is 1. The molecule has 1 fully saturated rings. The van der Waals surface area contributed by atoms with E-state index in [1.165, 1.54) is 17.0 Å². The van der Waals surface area contributed by atoms with Crippen LogP contribution in [0.2, 0.25) is 0 Å². The Morgan fingerprint density at radius 1 is 0.853 bits per heavy atom. The first-order valence-electron chi connectivity index (χ1n) is 10.5. The Hall–Kier alpha value is -3.37. The minimum absolute atomic E-state index is 0.00563. The van der Waals surface area contributed by atoms with E-state index in [1.54, 1.807) is 36.4 Å². The molecule has 3 aromatic rings. The molecule has 0 aromatic heterocycles. The summed E-state index contributed by atoms with van der Waals surface area (Å²) in [6, 6.07) is 15.0. The first-order chi connectivity index (χ1) is 16.3. The van der Waals surface area contributed by atoms with Gasteiger partial charge in [0.15, 0.2) is 11.6 Å². The fraction of sp³-hybridized carbons (Fsp3) is 0.208. The fourth-order valence-corrected chi connectivity index (χ4v) is 5.03. The van der Waals surface area contributed by atoms with Crippen molar-refractivity contribution in [1.82, 2.24) is 9.21 Å². The molecule has 0 bridgehead atoms. The average molecular weight is 491 g/mol. The van der Waals surface area contributed by atoms with E-state index in [-0.39, 0.29) is 49.4 Å². The van der Waals surface area contributed by atoms with Crippen LogP contribution in [0.4, 0.5) is 13.2 Å². The van der Waals surface area contributed by atoms with Crippen LogP contribution in [0.3, 0.4) is 0 Å². The van der Waals surface area contributed by atoms with E-state index in [0.29, 0.717) is 17.4 Å². The summed E-state index contributed by atoms with van der Waals surface area (Å²) >= 11 is 0. The van der Waals surface area contributed by atoms with Crippen molar-refractivity contribution in [3.63, 3.8) is 0 Å². The number of carbonyl (C=O) groups excluding carboxylic acids is 1. The number of benzene rings is 3. The molecule has 0 spiro atoms. The molecule has 1 saturated heterocycles. The summed E-state index contributed by atoms with van der Waals surface area (Å²) < 4.78 is 72.3. The van der Waals surface area contributed by atoms with Crippen molar-refractivity contribution in [2.45, 2.75) is 11.5 Å². The second kappa shape index (κ2) is 9.86. The fourth-order valence-electron chi connectivity index (χ4n) is 3.60. The summed E-state index contributed by atoms with van der Waals surface area (Å²) in [7, 11) is -4.03. The van der Waals surface area contributed by atoms with E-state index in [9.17, 15) is 26.4 Å². The van der Waals surface area contributed by atoms with E-state index in [0.717, 1.165) is 22.0 Å². The van der Waals surface area contributed by atoms with Crippen LogP contribution in [0, 0.1) is 17.5 Å². The number of rotatable bonds is 6. The Kier molecular flexibility index (Phi) is 6.90. The van der Waals surface area contributed by atoms with E-state index >= 15 is 0 Å². The van der Waals surface area contributed by atoms with Gasteiger partial charge in [0, 0.05) is 26.2 Å². The van der Waals surface area contributed by atoms with Crippen LogP contribution in [-0.4, -0.2) is 49.7 Å². The van der Waals surface area contributed by atoms with E-state index < -0.39 is 21.7 Å². The van der Waals surface area contributed by atoms with E-state index in [1.807, 2.05) is 0 Å². The topological polar surface area (TPSA) is 66.9 Å². The third-order valence-corrected chi connectivity index (χ3v) is 7.37. The predicted octanol–water partition coefficient (Wildman–Crippen LogP) is 3.83. The molecular formula is C24H21F3N2O4S. The molecule has 1 heterocycles. The van der Waals surface area contributed by atoms with Crippen molar-refractivity contribution >= 4 is 15.9 Å². The minimum atomic E-state index is -4.03. The Balaban J connectivity index is 1.42. The number of hydrogen-bond donors (Lipinski definition) is 0. The third kappa shape index (κ3) is 5.07. The summed E-state index contributed by atoms with van der Waals surface area (Å²) in [5.41, 5.74) is 1.06. The zero-order valence-electron chi connectivity index (χ0n) is 18.0. The molecule has 0 aliphatic carbocycles. The van der Waals surface area contributed by atoms with Gasteiger partial charge in [-0.1, -0.05) is 24.3 Å². The Bertz CT molecular complexity index is 1290. The number of piperazine rings is 1. The van der Waals surface area contributed by atoms with Crippen molar-refractivity contribution in [2.24, 2.45) is 0 Å². The molecular weight excluding hydrogens is 469 g/mol. The molecule has 10 heteroatoms. The lowest BCUT2D eigenvalue weighted by Gasteiger charge is -2.34. The highest BCUT2D eigenvalue weighted by atomic mass is 32.2. The number of sulfonamides is 1. The first-order valence-corrected chi connectivity index (χ1v) is 11.9. The zero-order chi connectivity index (χ0) is 24.3. The van der Waals surface area contributed by atoms with Crippen molar-refractivity contribution in [2.75, 3.05) is 26.2 Å². The molecule has 0 N–H and O–H groups in total. The summed E-state index contributed by atoms with van der Waals surface area (Å²) in [6.07, 6.45) is 0. The lowest BCUT2D eigenvalue weighted by Crippen LogP contribution is -2.50. The van der Waals surface area contributed by atoms with Crippen LogP contribution in [0.15, 0.2) is 71.6 Å². The molecule has 4 rings (SSSR count). The third-order valence-electron chi connectivity index (χ3n) is 5.48. The Morgan fingerprint density at radius 3 is 2.21 bits per heavy atom. The monoisotopic (exact) mass is 490 g/mol. The largest absolute Gasteiger partial charge is 0.488 e. The van der Waals surface area contributed by atoms with Gasteiger partial charge in [-0.05, 0) is 48.0 Å². The second-order valence-electron chi connectivity index (χ2n) is 7.68. The van der Waals surface area contributed by atoms with E-state index in [4.69, 9.17) is 4.74 Å². The standard InChI is InChI=1S/C24H21F3N2O4S/c25-18-7-5-17(6-8-18)16-33-23-4-2-1-3-20(23)24(30)28-11-13-29(14-12-28)34(31,32)19-9-10-21(26)22(27)15-19/h1-10,15H,11-14,16H2. The van der Waals surface area contributed by atoms with Gasteiger partial charge in [-0.3, -0.25) is 4.79 Å². The average Bonchev–Trinajstić information content (AvgIpc) is 2.85. The van der Waals surface area contributed by atoms with Gasteiger partial charge in [-0.25, -0.2) is 21.6 Å². The number of amides is 1. The van der Waals surface area contributed by atoms with Crippen molar-refractivity contribution in [3.8, 4) is 5.75 Å². The molecule has 34 heavy (non-hydrogen) atoms. The normalized spacial score (nSPS) is 14.7. The molecule has 0 unspecified atom stereocenters. The molecule has 0 radical (unpaired) electrons. The Morgan fingerprint density at radius 2 is 1.53 bits per heavy atom. The first kappa shape index (κ1) is 23.8. The lowest BCUT2D eigenvalue weighted by atomic mass is 10.1. The highest BCUT2D eigenvalue weighted by Crippen LogP contribution is 2.24.